The maximum Gasteiger partial charge on any atom is 0.308 e. The lowest BCUT2D eigenvalue weighted by Crippen LogP contribution is -2.44. The number of hydrogen-bond donors (Lipinski definition) is 1. The summed E-state index contributed by atoms with van der Waals surface area (Å²) in [7, 11) is 0. The number of nitro groups is 1. The molecular formula is C23H31FN2O5. The number of esters is 1. The number of nitrogens with zero attached hydrogens (tertiary/aromatic N) is 2. The third kappa shape index (κ3) is 5.89. The summed E-state index contributed by atoms with van der Waals surface area (Å²) in [5, 5.41) is 21.6. The Morgan fingerprint density at radius 2 is 2.03 bits per heavy atom. The van der Waals surface area contributed by atoms with Crippen LogP contribution in [0.25, 0.3) is 5.57 Å². The summed E-state index contributed by atoms with van der Waals surface area (Å²) in [6.07, 6.45) is 4.82. The largest absolute Gasteiger partial charge is 0.465 e. The fraction of sp³-hybridized carbons (Fsp3) is 0.609. The molecule has 1 aromatic rings. The highest BCUT2D eigenvalue weighted by atomic mass is 19.1. The molecule has 1 saturated carbocycles. The number of carbonyl (C=O) groups excluding carboxylic acids is 1. The molecule has 1 unspecified atom stereocenters. The fourth-order valence-corrected chi connectivity index (χ4v) is 4.37. The zero-order chi connectivity index (χ0) is 22.5. The minimum Gasteiger partial charge on any atom is -0.465 e. The van der Waals surface area contributed by atoms with Crippen molar-refractivity contribution in [2.45, 2.75) is 52.2 Å². The molecule has 0 bridgehead atoms. The number of non-ortho nitro benzene ring substituents is 1. The molecular weight excluding hydrogens is 403 g/mol. The number of benzene rings is 1. The van der Waals surface area contributed by atoms with Crippen molar-refractivity contribution in [3.63, 3.8) is 0 Å². The van der Waals surface area contributed by atoms with Crippen LogP contribution >= 0.6 is 0 Å². The van der Waals surface area contributed by atoms with Crippen molar-refractivity contribution in [3.05, 3.63) is 45.8 Å². The summed E-state index contributed by atoms with van der Waals surface area (Å²) in [6, 6.07) is 3.71. The van der Waals surface area contributed by atoms with Crippen LogP contribution in [-0.2, 0) is 9.53 Å². The summed E-state index contributed by atoms with van der Waals surface area (Å²) in [5.41, 5.74) is 0.908. The lowest BCUT2D eigenvalue weighted by atomic mass is 9.80. The number of carbonyl (C=O) groups is 1. The first-order valence-electron chi connectivity index (χ1n) is 11.0. The molecule has 1 atom stereocenters. The Morgan fingerprint density at radius 3 is 2.58 bits per heavy atom. The van der Waals surface area contributed by atoms with Crippen molar-refractivity contribution in [2.24, 2.45) is 17.8 Å². The average molecular weight is 435 g/mol. The monoisotopic (exact) mass is 434 g/mol. The van der Waals surface area contributed by atoms with Crippen molar-refractivity contribution in [2.75, 3.05) is 19.7 Å². The summed E-state index contributed by atoms with van der Waals surface area (Å²) in [4.78, 5) is 24.3. The molecule has 1 aliphatic heterocycles. The van der Waals surface area contributed by atoms with Crippen LogP contribution in [0, 0.1) is 33.7 Å². The van der Waals surface area contributed by atoms with E-state index >= 15 is 0 Å². The van der Waals surface area contributed by atoms with Crippen molar-refractivity contribution < 1.29 is 24.0 Å². The Morgan fingerprint density at radius 1 is 1.32 bits per heavy atom. The smallest absolute Gasteiger partial charge is 0.308 e. The SMILES string of the molecule is CC(C)COC(=O)C1CCC(C(O)N2CC=C(c3ccc([N+](=O)[O-])cc3F)CC2)CC1. The number of ether oxygens (including phenoxy) is 1. The summed E-state index contributed by atoms with van der Waals surface area (Å²) in [6.45, 7) is 5.53. The summed E-state index contributed by atoms with van der Waals surface area (Å²) < 4.78 is 19.6. The van der Waals surface area contributed by atoms with Gasteiger partial charge in [0.05, 0.1) is 23.5 Å². The zero-order valence-electron chi connectivity index (χ0n) is 18.1. The van der Waals surface area contributed by atoms with Crippen molar-refractivity contribution >= 4 is 17.2 Å². The molecule has 1 heterocycles. The van der Waals surface area contributed by atoms with Crippen LogP contribution in [0.1, 0.15) is 51.5 Å². The van der Waals surface area contributed by atoms with Gasteiger partial charge in [-0.25, -0.2) is 4.39 Å². The predicted octanol–water partition coefficient (Wildman–Crippen LogP) is 4.15. The molecule has 170 valence electrons. The van der Waals surface area contributed by atoms with E-state index in [0.717, 1.165) is 37.3 Å². The maximum absolute atomic E-state index is 14.3. The lowest BCUT2D eigenvalue weighted by molar-refractivity contribution is -0.385. The van der Waals surface area contributed by atoms with Gasteiger partial charge < -0.3 is 9.84 Å². The third-order valence-electron chi connectivity index (χ3n) is 6.21. The zero-order valence-corrected chi connectivity index (χ0v) is 18.1. The topological polar surface area (TPSA) is 92.9 Å². The van der Waals surface area contributed by atoms with Gasteiger partial charge in [-0.15, -0.1) is 0 Å². The second-order valence-corrected chi connectivity index (χ2v) is 8.94. The van der Waals surface area contributed by atoms with Crippen molar-refractivity contribution in [3.8, 4) is 0 Å². The number of aliphatic hydroxyl groups is 1. The van der Waals surface area contributed by atoms with Gasteiger partial charge in [0.25, 0.3) is 5.69 Å². The molecule has 1 fully saturated rings. The van der Waals surface area contributed by atoms with E-state index < -0.39 is 17.0 Å². The van der Waals surface area contributed by atoms with Gasteiger partial charge in [0.1, 0.15) is 12.0 Å². The fourth-order valence-electron chi connectivity index (χ4n) is 4.37. The highest BCUT2D eigenvalue weighted by Crippen LogP contribution is 2.34. The molecule has 1 aromatic carbocycles. The quantitative estimate of drug-likeness (QED) is 0.394. The second kappa shape index (κ2) is 10.3. The molecule has 0 aromatic heterocycles. The Bertz CT molecular complexity index is 833. The van der Waals surface area contributed by atoms with E-state index in [4.69, 9.17) is 4.74 Å². The minimum absolute atomic E-state index is 0.0832. The molecule has 2 aliphatic rings. The van der Waals surface area contributed by atoms with Crippen LogP contribution in [0.2, 0.25) is 0 Å². The molecule has 1 aliphatic carbocycles. The van der Waals surface area contributed by atoms with Gasteiger partial charge >= 0.3 is 5.97 Å². The lowest BCUT2D eigenvalue weighted by Gasteiger charge is -2.38. The number of halogens is 1. The Hall–Kier alpha value is -2.32. The van der Waals surface area contributed by atoms with Crippen LogP contribution in [0.3, 0.4) is 0 Å². The Labute approximate surface area is 182 Å². The summed E-state index contributed by atoms with van der Waals surface area (Å²) in [5.74, 6) is -0.395. The van der Waals surface area contributed by atoms with E-state index in [1.807, 2.05) is 24.8 Å². The highest BCUT2D eigenvalue weighted by Gasteiger charge is 2.33. The van der Waals surface area contributed by atoms with E-state index in [0.29, 0.717) is 37.6 Å². The van der Waals surface area contributed by atoms with Crippen LogP contribution < -0.4 is 0 Å². The first-order chi connectivity index (χ1) is 14.8. The first kappa shape index (κ1) is 23.3. The van der Waals surface area contributed by atoms with Crippen molar-refractivity contribution in [1.29, 1.82) is 0 Å². The van der Waals surface area contributed by atoms with Gasteiger partial charge in [0.2, 0.25) is 0 Å². The number of rotatable bonds is 7. The molecule has 31 heavy (non-hydrogen) atoms. The van der Waals surface area contributed by atoms with Crippen LogP contribution in [0.5, 0.6) is 0 Å². The summed E-state index contributed by atoms with van der Waals surface area (Å²) >= 11 is 0. The van der Waals surface area contributed by atoms with Gasteiger partial charge in [0.15, 0.2) is 0 Å². The molecule has 0 radical (unpaired) electrons. The molecule has 0 amide bonds. The van der Waals surface area contributed by atoms with Gasteiger partial charge in [-0.2, -0.15) is 0 Å². The van der Waals surface area contributed by atoms with Crippen molar-refractivity contribution in [1.82, 2.24) is 4.90 Å². The molecule has 7 nitrogen and oxygen atoms in total. The molecule has 8 heteroatoms. The van der Waals surface area contributed by atoms with Gasteiger partial charge in [-0.05, 0) is 55.6 Å². The van der Waals surface area contributed by atoms with E-state index in [-0.39, 0.29) is 23.5 Å². The van der Waals surface area contributed by atoms with Crippen LogP contribution in [-0.4, -0.2) is 46.8 Å². The first-order valence-corrected chi connectivity index (χ1v) is 11.0. The van der Waals surface area contributed by atoms with E-state index in [2.05, 4.69) is 0 Å². The minimum atomic E-state index is -0.612. The highest BCUT2D eigenvalue weighted by molar-refractivity contribution is 5.72. The second-order valence-electron chi connectivity index (χ2n) is 8.94. The molecule has 0 saturated heterocycles. The molecule has 1 N–H and O–H groups in total. The number of nitro benzene ring substituents is 1. The van der Waals surface area contributed by atoms with Crippen LogP contribution in [0.15, 0.2) is 24.3 Å². The van der Waals surface area contributed by atoms with E-state index in [9.17, 15) is 24.4 Å². The number of aliphatic hydroxyl groups excluding tert-OH is 1. The molecule has 0 spiro atoms. The standard InChI is InChI=1S/C23H31FN2O5/c1-15(2)14-31-23(28)18-5-3-17(4-6-18)22(27)25-11-9-16(10-12-25)20-8-7-19(26(29)30)13-21(20)24/h7-9,13,15,17-18,22,27H,3-6,10-12,14H2,1-2H3. The van der Waals surface area contributed by atoms with Gasteiger partial charge in [-0.3, -0.25) is 19.8 Å². The van der Waals surface area contributed by atoms with Gasteiger partial charge in [-0.1, -0.05) is 19.9 Å². The Kier molecular flexibility index (Phi) is 7.78. The Balaban J connectivity index is 1.52. The number of hydrogen-bond acceptors (Lipinski definition) is 6. The maximum atomic E-state index is 14.3. The van der Waals surface area contributed by atoms with Gasteiger partial charge in [0, 0.05) is 24.7 Å². The van der Waals surface area contributed by atoms with Crippen LogP contribution in [0.4, 0.5) is 10.1 Å². The van der Waals surface area contributed by atoms with E-state index in [1.54, 1.807) is 0 Å². The normalized spacial score (nSPS) is 23.3. The predicted molar refractivity (Wildman–Crippen MR) is 114 cm³/mol. The van der Waals surface area contributed by atoms with E-state index in [1.165, 1.54) is 12.1 Å². The molecule has 3 rings (SSSR count). The third-order valence-corrected chi connectivity index (χ3v) is 6.21. The average Bonchev–Trinajstić information content (AvgIpc) is 2.77.